The van der Waals surface area contributed by atoms with Crippen LogP contribution in [-0.4, -0.2) is 29.8 Å². The van der Waals surface area contributed by atoms with E-state index < -0.39 is 0 Å². The van der Waals surface area contributed by atoms with Gasteiger partial charge < -0.3 is 0 Å². The van der Waals surface area contributed by atoms with Crippen molar-refractivity contribution in [3.05, 3.63) is 39.9 Å². The SMILES string of the molecule is Cc1ccc2nc(S[C@@H](C)c3nnnn3C3CC3)n(C)c(=O)c2c1. The topological polar surface area (TPSA) is 78.5 Å². The van der Waals surface area contributed by atoms with Crippen molar-refractivity contribution in [2.45, 2.75) is 43.1 Å². The van der Waals surface area contributed by atoms with Crippen LogP contribution in [0.25, 0.3) is 10.9 Å². The first kappa shape index (κ1) is 15.3. The van der Waals surface area contributed by atoms with Crippen molar-refractivity contribution in [3.8, 4) is 0 Å². The molecule has 0 saturated heterocycles. The monoisotopic (exact) mass is 342 g/mol. The number of hydrogen-bond donors (Lipinski definition) is 0. The van der Waals surface area contributed by atoms with Crippen LogP contribution in [0.3, 0.4) is 0 Å². The first-order chi connectivity index (χ1) is 11.5. The van der Waals surface area contributed by atoms with Gasteiger partial charge in [-0.2, -0.15) is 0 Å². The number of benzene rings is 1. The number of aryl methyl sites for hydroxylation is 1. The normalized spacial score (nSPS) is 15.8. The van der Waals surface area contributed by atoms with Crippen LogP contribution >= 0.6 is 11.8 Å². The Hall–Kier alpha value is -2.22. The Labute approximate surface area is 143 Å². The lowest BCUT2D eigenvalue weighted by Gasteiger charge is -2.13. The molecule has 8 heteroatoms. The molecule has 3 aromatic rings. The fourth-order valence-corrected chi connectivity index (χ4v) is 3.70. The highest BCUT2D eigenvalue weighted by Crippen LogP contribution is 2.39. The van der Waals surface area contributed by atoms with Crippen LogP contribution in [-0.2, 0) is 7.05 Å². The molecule has 0 radical (unpaired) electrons. The van der Waals surface area contributed by atoms with Gasteiger partial charge in [0.1, 0.15) is 0 Å². The summed E-state index contributed by atoms with van der Waals surface area (Å²) in [5, 5.41) is 13.4. The molecule has 1 saturated carbocycles. The Kier molecular flexibility index (Phi) is 3.64. The second kappa shape index (κ2) is 5.70. The van der Waals surface area contributed by atoms with E-state index in [9.17, 15) is 4.79 Å². The van der Waals surface area contributed by atoms with E-state index in [1.165, 1.54) is 11.8 Å². The highest BCUT2D eigenvalue weighted by atomic mass is 32.2. The van der Waals surface area contributed by atoms with Gasteiger partial charge in [-0.3, -0.25) is 9.36 Å². The van der Waals surface area contributed by atoms with E-state index in [1.807, 2.05) is 36.7 Å². The molecule has 0 spiro atoms. The summed E-state index contributed by atoms with van der Waals surface area (Å²) >= 11 is 1.51. The van der Waals surface area contributed by atoms with Crippen LogP contribution in [0.5, 0.6) is 0 Å². The van der Waals surface area contributed by atoms with Crippen molar-refractivity contribution in [1.29, 1.82) is 0 Å². The van der Waals surface area contributed by atoms with Gasteiger partial charge in [0.05, 0.1) is 22.2 Å². The van der Waals surface area contributed by atoms with Crippen molar-refractivity contribution in [2.75, 3.05) is 0 Å². The number of aromatic nitrogens is 6. The van der Waals surface area contributed by atoms with E-state index in [0.29, 0.717) is 16.6 Å². The molecule has 7 nitrogen and oxygen atoms in total. The minimum atomic E-state index is -0.0276. The third-order valence-electron chi connectivity index (χ3n) is 4.25. The second-order valence-corrected chi connectivity index (χ2v) is 7.56. The van der Waals surface area contributed by atoms with Crippen molar-refractivity contribution >= 4 is 22.7 Å². The van der Waals surface area contributed by atoms with Gasteiger partial charge in [-0.05, 0) is 49.2 Å². The zero-order chi connectivity index (χ0) is 16.8. The summed E-state index contributed by atoms with van der Waals surface area (Å²) in [5.41, 5.74) is 1.75. The predicted octanol–water partition coefficient (Wildman–Crippen LogP) is 2.42. The molecule has 0 aliphatic heterocycles. The lowest BCUT2D eigenvalue weighted by atomic mass is 10.2. The molecule has 1 aliphatic rings. The minimum Gasteiger partial charge on any atom is -0.290 e. The second-order valence-electron chi connectivity index (χ2n) is 6.25. The first-order valence-corrected chi connectivity index (χ1v) is 8.84. The summed E-state index contributed by atoms with van der Waals surface area (Å²) in [6.07, 6.45) is 2.25. The number of fused-ring (bicyclic) bond motifs is 1. The summed E-state index contributed by atoms with van der Waals surface area (Å²) in [5.74, 6) is 0.834. The molecule has 24 heavy (non-hydrogen) atoms. The summed E-state index contributed by atoms with van der Waals surface area (Å²) < 4.78 is 3.51. The molecule has 0 amide bonds. The van der Waals surface area contributed by atoms with Crippen molar-refractivity contribution in [2.24, 2.45) is 7.05 Å². The van der Waals surface area contributed by atoms with Gasteiger partial charge >= 0.3 is 0 Å². The summed E-state index contributed by atoms with van der Waals surface area (Å²) in [7, 11) is 1.76. The first-order valence-electron chi connectivity index (χ1n) is 7.96. The quantitative estimate of drug-likeness (QED) is 0.535. The average molecular weight is 342 g/mol. The third-order valence-corrected chi connectivity index (χ3v) is 5.39. The number of thioether (sulfide) groups is 1. The lowest BCUT2D eigenvalue weighted by Crippen LogP contribution is -2.20. The van der Waals surface area contributed by atoms with Gasteiger partial charge in [0, 0.05) is 7.05 Å². The van der Waals surface area contributed by atoms with Crippen LogP contribution in [0, 0.1) is 6.92 Å². The molecule has 1 aliphatic carbocycles. The minimum absolute atomic E-state index is 0.0154. The Morgan fingerprint density at radius 1 is 1.33 bits per heavy atom. The molecule has 1 fully saturated rings. The van der Waals surface area contributed by atoms with Crippen molar-refractivity contribution in [3.63, 3.8) is 0 Å². The third kappa shape index (κ3) is 2.60. The van der Waals surface area contributed by atoms with E-state index in [0.717, 1.165) is 29.7 Å². The summed E-state index contributed by atoms with van der Waals surface area (Å²) in [6, 6.07) is 6.18. The van der Waals surface area contributed by atoms with E-state index in [4.69, 9.17) is 0 Å². The Morgan fingerprint density at radius 2 is 2.12 bits per heavy atom. The molecule has 124 valence electrons. The van der Waals surface area contributed by atoms with Gasteiger partial charge in [-0.15, -0.1) is 5.10 Å². The van der Waals surface area contributed by atoms with Crippen LogP contribution < -0.4 is 5.56 Å². The summed E-state index contributed by atoms with van der Waals surface area (Å²) in [6.45, 7) is 4.02. The molecule has 4 rings (SSSR count). The van der Waals surface area contributed by atoms with Crippen molar-refractivity contribution < 1.29 is 0 Å². The molecular weight excluding hydrogens is 324 g/mol. The van der Waals surface area contributed by atoms with Gasteiger partial charge in [0.15, 0.2) is 11.0 Å². The smallest absolute Gasteiger partial charge is 0.261 e. The maximum absolute atomic E-state index is 12.6. The van der Waals surface area contributed by atoms with E-state index in [1.54, 1.807) is 11.6 Å². The highest BCUT2D eigenvalue weighted by Gasteiger charge is 2.30. The van der Waals surface area contributed by atoms with Crippen LogP contribution in [0.15, 0.2) is 28.2 Å². The van der Waals surface area contributed by atoms with E-state index >= 15 is 0 Å². The van der Waals surface area contributed by atoms with Gasteiger partial charge in [-0.25, -0.2) is 9.67 Å². The molecule has 2 aromatic heterocycles. The van der Waals surface area contributed by atoms with Gasteiger partial charge in [0.25, 0.3) is 5.56 Å². The Bertz CT molecular complexity index is 974. The fourth-order valence-electron chi connectivity index (χ4n) is 2.73. The molecule has 2 heterocycles. The molecule has 0 N–H and O–H groups in total. The zero-order valence-electron chi connectivity index (χ0n) is 13.8. The highest BCUT2D eigenvalue weighted by molar-refractivity contribution is 7.99. The average Bonchev–Trinajstić information content (AvgIpc) is 3.29. The number of hydrogen-bond acceptors (Lipinski definition) is 6. The molecule has 1 aromatic carbocycles. The van der Waals surface area contributed by atoms with E-state index in [-0.39, 0.29) is 10.8 Å². The lowest BCUT2D eigenvalue weighted by molar-refractivity contribution is 0.582. The maximum atomic E-state index is 12.6. The van der Waals surface area contributed by atoms with Gasteiger partial charge in [0.2, 0.25) is 0 Å². The summed E-state index contributed by atoms with van der Waals surface area (Å²) in [4.78, 5) is 17.3. The largest absolute Gasteiger partial charge is 0.290 e. The van der Waals surface area contributed by atoms with Crippen LogP contribution in [0.2, 0.25) is 0 Å². The van der Waals surface area contributed by atoms with E-state index in [2.05, 4.69) is 20.5 Å². The molecule has 0 unspecified atom stereocenters. The molecule has 1 atom stereocenters. The fraction of sp³-hybridized carbons (Fsp3) is 0.438. The zero-order valence-corrected chi connectivity index (χ0v) is 14.6. The predicted molar refractivity (Wildman–Crippen MR) is 92.1 cm³/mol. The Balaban J connectivity index is 1.71. The van der Waals surface area contributed by atoms with Crippen molar-refractivity contribution in [1.82, 2.24) is 29.8 Å². The molecular formula is C16H18N6OS. The number of nitrogens with zero attached hydrogens (tertiary/aromatic N) is 6. The maximum Gasteiger partial charge on any atom is 0.261 e. The Morgan fingerprint density at radius 3 is 2.88 bits per heavy atom. The van der Waals surface area contributed by atoms with Crippen LogP contribution in [0.1, 0.15) is 42.4 Å². The molecule has 0 bridgehead atoms. The van der Waals surface area contributed by atoms with Crippen LogP contribution in [0.4, 0.5) is 0 Å². The number of tetrazole rings is 1. The van der Waals surface area contributed by atoms with Gasteiger partial charge in [-0.1, -0.05) is 23.4 Å². The number of rotatable bonds is 4. The standard InChI is InChI=1S/C16H18N6OS/c1-9-4-7-13-12(8-9)15(23)21(3)16(17-13)24-10(2)14-18-19-20-22(14)11-5-6-11/h4,7-8,10-11H,5-6H2,1-3H3/t10-/m0/s1.